The number of nitrogens with zero attached hydrogens (tertiary/aromatic N) is 3. The zero-order valence-electron chi connectivity index (χ0n) is 16.6. The van der Waals surface area contributed by atoms with Gasteiger partial charge in [0.25, 0.3) is 0 Å². The van der Waals surface area contributed by atoms with Crippen LogP contribution in [0, 0.1) is 0 Å². The number of hydrogen-bond acceptors (Lipinski definition) is 4. The predicted octanol–water partition coefficient (Wildman–Crippen LogP) is 3.73. The number of rotatable bonds is 7. The summed E-state index contributed by atoms with van der Waals surface area (Å²) in [5, 5.41) is 0. The third kappa shape index (κ3) is 4.95. The minimum Gasteiger partial charge on any atom is -0.457 e. The Labute approximate surface area is 171 Å². The van der Waals surface area contributed by atoms with Gasteiger partial charge in [0.2, 0.25) is 5.91 Å². The van der Waals surface area contributed by atoms with E-state index in [4.69, 9.17) is 4.74 Å². The fourth-order valence-electron chi connectivity index (χ4n) is 3.91. The molecular weight excluding hydrogens is 366 g/mol. The van der Waals surface area contributed by atoms with Crippen LogP contribution in [0.4, 0.5) is 4.79 Å². The molecule has 2 aliphatic heterocycles. The molecule has 4 rings (SSSR count). The Morgan fingerprint density at radius 3 is 2.38 bits per heavy atom. The van der Waals surface area contributed by atoms with E-state index in [1.807, 2.05) is 54.6 Å². The van der Waals surface area contributed by atoms with E-state index in [1.54, 1.807) is 4.90 Å². The van der Waals surface area contributed by atoms with Crippen LogP contribution in [0.1, 0.15) is 24.8 Å². The van der Waals surface area contributed by atoms with Crippen LogP contribution in [0.25, 0.3) is 0 Å². The minimum atomic E-state index is -0.193. The first kappa shape index (κ1) is 19.5. The van der Waals surface area contributed by atoms with Crippen LogP contribution in [0.3, 0.4) is 0 Å². The van der Waals surface area contributed by atoms with Crippen LogP contribution in [0.5, 0.6) is 11.5 Å². The van der Waals surface area contributed by atoms with E-state index in [2.05, 4.69) is 4.90 Å². The second-order valence-electron chi connectivity index (χ2n) is 7.65. The average molecular weight is 393 g/mol. The van der Waals surface area contributed by atoms with Crippen molar-refractivity contribution >= 4 is 11.9 Å². The molecule has 0 spiro atoms. The molecule has 0 bridgehead atoms. The summed E-state index contributed by atoms with van der Waals surface area (Å²) in [5.41, 5.74) is 0.942. The highest BCUT2D eigenvalue weighted by molar-refractivity contribution is 6.01. The molecule has 0 unspecified atom stereocenters. The Hall–Kier alpha value is -2.86. The maximum atomic E-state index is 12.8. The Balaban J connectivity index is 1.35. The molecule has 3 amide bonds. The molecule has 2 aliphatic rings. The molecule has 2 aromatic rings. The molecule has 6 nitrogen and oxygen atoms in total. The molecule has 0 aliphatic carbocycles. The Morgan fingerprint density at radius 1 is 0.828 bits per heavy atom. The van der Waals surface area contributed by atoms with Gasteiger partial charge in [-0.3, -0.25) is 9.69 Å². The lowest BCUT2D eigenvalue weighted by Gasteiger charge is -2.27. The number of piperidine rings is 1. The highest BCUT2D eigenvalue weighted by atomic mass is 16.5. The number of hydrogen-bond donors (Lipinski definition) is 0. The molecule has 0 aromatic heterocycles. The third-order valence-corrected chi connectivity index (χ3v) is 5.47. The number of imide groups is 1. The minimum absolute atomic E-state index is 0.108. The van der Waals surface area contributed by atoms with E-state index in [1.165, 1.54) is 24.2 Å². The van der Waals surface area contributed by atoms with E-state index < -0.39 is 0 Å². The molecule has 2 aromatic carbocycles. The van der Waals surface area contributed by atoms with Crippen LogP contribution in [0.15, 0.2) is 54.6 Å². The van der Waals surface area contributed by atoms with Gasteiger partial charge in [-0.15, -0.1) is 0 Å². The Morgan fingerprint density at radius 2 is 1.59 bits per heavy atom. The largest absolute Gasteiger partial charge is 0.457 e. The summed E-state index contributed by atoms with van der Waals surface area (Å²) in [6.07, 6.45) is 3.68. The lowest BCUT2D eigenvalue weighted by Crippen LogP contribution is -2.41. The van der Waals surface area contributed by atoms with Crippen molar-refractivity contribution in [3.8, 4) is 11.5 Å². The zero-order valence-corrected chi connectivity index (χ0v) is 16.6. The number of urea groups is 1. The monoisotopic (exact) mass is 393 g/mol. The summed E-state index contributed by atoms with van der Waals surface area (Å²) in [4.78, 5) is 30.5. The molecule has 0 saturated carbocycles. The van der Waals surface area contributed by atoms with Gasteiger partial charge in [-0.05, 0) is 55.8 Å². The summed E-state index contributed by atoms with van der Waals surface area (Å²) >= 11 is 0. The second kappa shape index (κ2) is 9.09. The molecule has 2 saturated heterocycles. The van der Waals surface area contributed by atoms with E-state index in [0.29, 0.717) is 18.8 Å². The Bertz CT molecular complexity index is 849. The average Bonchev–Trinajstić information content (AvgIpc) is 3.01. The van der Waals surface area contributed by atoms with Crippen LogP contribution < -0.4 is 4.74 Å². The van der Waals surface area contributed by atoms with Gasteiger partial charge in [0.15, 0.2) is 0 Å². The molecular formula is C23H27N3O3. The highest BCUT2D eigenvalue weighted by Gasteiger charge is 2.35. The van der Waals surface area contributed by atoms with Crippen molar-refractivity contribution in [3.63, 3.8) is 0 Å². The number of likely N-dealkylation sites (tertiary alicyclic amines) is 1. The first-order chi connectivity index (χ1) is 14.2. The van der Waals surface area contributed by atoms with Gasteiger partial charge in [-0.1, -0.05) is 36.8 Å². The van der Waals surface area contributed by atoms with Crippen molar-refractivity contribution in [1.82, 2.24) is 14.7 Å². The molecule has 0 radical (unpaired) electrons. The molecule has 29 heavy (non-hydrogen) atoms. The topological polar surface area (TPSA) is 53.1 Å². The normalized spacial score (nSPS) is 17.8. The smallest absolute Gasteiger partial charge is 0.327 e. The van der Waals surface area contributed by atoms with E-state index in [9.17, 15) is 9.59 Å². The number of benzene rings is 2. The first-order valence-corrected chi connectivity index (χ1v) is 10.3. The van der Waals surface area contributed by atoms with Crippen molar-refractivity contribution < 1.29 is 14.3 Å². The summed E-state index contributed by atoms with van der Waals surface area (Å²) in [6.45, 7) is 3.92. The molecule has 6 heteroatoms. The van der Waals surface area contributed by atoms with Gasteiger partial charge < -0.3 is 14.5 Å². The molecule has 2 heterocycles. The summed E-state index contributed by atoms with van der Waals surface area (Å²) in [5.74, 6) is 1.37. The molecule has 152 valence electrons. The van der Waals surface area contributed by atoms with Gasteiger partial charge in [0.1, 0.15) is 18.0 Å². The first-order valence-electron chi connectivity index (χ1n) is 10.3. The maximum absolute atomic E-state index is 12.8. The van der Waals surface area contributed by atoms with Crippen LogP contribution in [0.2, 0.25) is 0 Å². The van der Waals surface area contributed by atoms with E-state index in [0.717, 1.165) is 30.9 Å². The SMILES string of the molecule is O=C1CN(Cc2cccc(Oc3ccccc3)c2)C(=O)N1CCN1CCCCC1. The predicted molar refractivity (Wildman–Crippen MR) is 111 cm³/mol. The lowest BCUT2D eigenvalue weighted by atomic mass is 10.1. The van der Waals surface area contributed by atoms with Gasteiger partial charge in [-0.2, -0.15) is 0 Å². The number of ether oxygens (including phenoxy) is 1. The van der Waals surface area contributed by atoms with Gasteiger partial charge in [-0.25, -0.2) is 4.79 Å². The van der Waals surface area contributed by atoms with E-state index >= 15 is 0 Å². The summed E-state index contributed by atoms with van der Waals surface area (Å²) in [7, 11) is 0. The van der Waals surface area contributed by atoms with Crippen LogP contribution in [-0.4, -0.2) is 59.4 Å². The fraction of sp³-hybridized carbons (Fsp3) is 0.391. The number of carbonyl (C=O) groups excluding carboxylic acids is 2. The number of para-hydroxylation sites is 1. The van der Waals surface area contributed by atoms with Crippen molar-refractivity contribution in [2.75, 3.05) is 32.7 Å². The van der Waals surface area contributed by atoms with Gasteiger partial charge in [0.05, 0.1) is 0 Å². The van der Waals surface area contributed by atoms with Crippen molar-refractivity contribution in [2.45, 2.75) is 25.8 Å². The summed E-state index contributed by atoms with van der Waals surface area (Å²) in [6, 6.07) is 17.1. The van der Waals surface area contributed by atoms with Crippen LogP contribution >= 0.6 is 0 Å². The number of amides is 3. The second-order valence-corrected chi connectivity index (χ2v) is 7.65. The third-order valence-electron chi connectivity index (χ3n) is 5.47. The van der Waals surface area contributed by atoms with Crippen molar-refractivity contribution in [1.29, 1.82) is 0 Å². The standard InChI is InChI=1S/C23H27N3O3/c27-22-18-25(23(28)26(22)15-14-24-12-5-2-6-13-24)17-19-8-7-11-21(16-19)29-20-9-3-1-4-10-20/h1,3-4,7-11,16H,2,5-6,12-15,17-18H2. The van der Waals surface area contributed by atoms with Crippen LogP contribution in [-0.2, 0) is 11.3 Å². The van der Waals surface area contributed by atoms with E-state index in [-0.39, 0.29) is 18.5 Å². The quantitative estimate of drug-likeness (QED) is 0.673. The lowest BCUT2D eigenvalue weighted by molar-refractivity contribution is -0.125. The molecule has 0 N–H and O–H groups in total. The van der Waals surface area contributed by atoms with Gasteiger partial charge in [0, 0.05) is 19.6 Å². The summed E-state index contributed by atoms with van der Waals surface area (Å²) < 4.78 is 5.87. The zero-order chi connectivity index (χ0) is 20.1. The molecule has 2 fully saturated rings. The highest BCUT2D eigenvalue weighted by Crippen LogP contribution is 2.23. The molecule has 0 atom stereocenters. The van der Waals surface area contributed by atoms with Crippen molar-refractivity contribution in [2.24, 2.45) is 0 Å². The van der Waals surface area contributed by atoms with Gasteiger partial charge >= 0.3 is 6.03 Å². The Kier molecular flexibility index (Phi) is 6.10. The maximum Gasteiger partial charge on any atom is 0.327 e. The van der Waals surface area contributed by atoms with Crippen molar-refractivity contribution in [3.05, 3.63) is 60.2 Å². The fourth-order valence-corrected chi connectivity index (χ4v) is 3.91. The number of carbonyl (C=O) groups is 2.